The Hall–Kier alpha value is -0.870. The van der Waals surface area contributed by atoms with Crippen LogP contribution in [0.1, 0.15) is 51.7 Å². The lowest BCUT2D eigenvalue weighted by atomic mass is 9.87. The highest BCUT2D eigenvalue weighted by Crippen LogP contribution is 2.34. The van der Waals surface area contributed by atoms with Crippen molar-refractivity contribution in [3.8, 4) is 0 Å². The molecule has 1 unspecified atom stereocenters. The molecule has 1 heterocycles. The first-order chi connectivity index (χ1) is 8.13. The molecule has 0 bridgehead atoms. The third kappa shape index (κ3) is 2.87. The second-order valence-electron chi connectivity index (χ2n) is 4.42. The molecule has 0 aliphatic heterocycles. The van der Waals surface area contributed by atoms with Crippen LogP contribution in [-0.4, -0.2) is 27.6 Å². The van der Waals surface area contributed by atoms with Crippen LogP contribution in [0.25, 0.3) is 0 Å². The first kappa shape index (κ1) is 14.2. The molecule has 0 saturated carbocycles. The van der Waals surface area contributed by atoms with Gasteiger partial charge in [0.2, 0.25) is 0 Å². The van der Waals surface area contributed by atoms with E-state index in [4.69, 9.17) is 4.74 Å². The van der Waals surface area contributed by atoms with Crippen LogP contribution in [0.3, 0.4) is 0 Å². The highest BCUT2D eigenvalue weighted by molar-refractivity contribution is 5.13. The van der Waals surface area contributed by atoms with Gasteiger partial charge in [-0.2, -0.15) is 5.10 Å². The van der Waals surface area contributed by atoms with Crippen molar-refractivity contribution in [2.75, 3.05) is 7.11 Å². The predicted molar refractivity (Wildman–Crippen MR) is 67.8 cm³/mol. The number of methoxy groups -OCH3 is 1. The molecule has 0 radical (unpaired) electrons. The number of hydrogen-bond donors (Lipinski definition) is 1. The van der Waals surface area contributed by atoms with Crippen molar-refractivity contribution in [2.24, 2.45) is 0 Å². The maximum Gasteiger partial charge on any atom is 0.111 e. The molecule has 98 valence electrons. The third-order valence-corrected chi connectivity index (χ3v) is 3.52. The van der Waals surface area contributed by atoms with Gasteiger partial charge in [0.15, 0.2) is 0 Å². The van der Waals surface area contributed by atoms with E-state index in [-0.39, 0.29) is 0 Å². The lowest BCUT2D eigenvalue weighted by molar-refractivity contribution is -0.109. The molecule has 0 amide bonds. The number of aliphatic hydroxyl groups excluding tert-OH is 1. The van der Waals surface area contributed by atoms with Crippen molar-refractivity contribution in [3.05, 3.63) is 18.0 Å². The van der Waals surface area contributed by atoms with E-state index in [1.807, 2.05) is 24.7 Å². The summed E-state index contributed by atoms with van der Waals surface area (Å²) < 4.78 is 7.40. The molecule has 1 aromatic heterocycles. The van der Waals surface area contributed by atoms with Crippen LogP contribution >= 0.6 is 0 Å². The average molecular weight is 240 g/mol. The first-order valence-electron chi connectivity index (χ1n) is 6.39. The van der Waals surface area contributed by atoms with Crippen molar-refractivity contribution < 1.29 is 9.84 Å². The standard InChI is InChI=1S/C13H24N2O2/c1-5-8-15-10-11(9-14-15)12(16)13(6-2,7-3)17-4/h9-10,12,16H,5-8H2,1-4H3. The van der Waals surface area contributed by atoms with Gasteiger partial charge >= 0.3 is 0 Å². The molecular formula is C13H24N2O2. The maximum absolute atomic E-state index is 10.4. The Balaban J connectivity index is 2.89. The van der Waals surface area contributed by atoms with Gasteiger partial charge in [-0.3, -0.25) is 4.68 Å². The molecule has 0 aromatic carbocycles. The topological polar surface area (TPSA) is 47.3 Å². The van der Waals surface area contributed by atoms with Crippen molar-refractivity contribution in [3.63, 3.8) is 0 Å². The van der Waals surface area contributed by atoms with Crippen molar-refractivity contribution in [1.29, 1.82) is 0 Å². The molecule has 4 nitrogen and oxygen atoms in total. The quantitative estimate of drug-likeness (QED) is 0.796. The van der Waals surface area contributed by atoms with E-state index in [0.717, 1.165) is 31.4 Å². The van der Waals surface area contributed by atoms with Gasteiger partial charge in [0.05, 0.1) is 11.8 Å². The zero-order chi connectivity index (χ0) is 12.9. The molecule has 0 saturated heterocycles. The zero-order valence-corrected chi connectivity index (χ0v) is 11.3. The van der Waals surface area contributed by atoms with Crippen LogP contribution < -0.4 is 0 Å². The lowest BCUT2D eigenvalue weighted by Crippen LogP contribution is -2.37. The van der Waals surface area contributed by atoms with Gasteiger partial charge in [0, 0.05) is 25.4 Å². The number of hydrogen-bond acceptors (Lipinski definition) is 3. The summed E-state index contributed by atoms with van der Waals surface area (Å²) in [6, 6.07) is 0. The molecule has 0 aliphatic rings. The summed E-state index contributed by atoms with van der Waals surface area (Å²) in [6.07, 6.45) is 5.62. The van der Waals surface area contributed by atoms with Crippen LogP contribution in [0.2, 0.25) is 0 Å². The minimum absolute atomic E-state index is 0.500. The first-order valence-corrected chi connectivity index (χ1v) is 6.39. The Labute approximate surface area is 104 Å². The van der Waals surface area contributed by atoms with Gasteiger partial charge in [0.1, 0.15) is 6.10 Å². The second kappa shape index (κ2) is 6.17. The highest BCUT2D eigenvalue weighted by atomic mass is 16.5. The normalized spacial score (nSPS) is 13.9. The van der Waals surface area contributed by atoms with Crippen molar-refractivity contribution in [2.45, 2.75) is 58.3 Å². The van der Waals surface area contributed by atoms with E-state index in [2.05, 4.69) is 12.0 Å². The van der Waals surface area contributed by atoms with E-state index >= 15 is 0 Å². The second-order valence-corrected chi connectivity index (χ2v) is 4.42. The van der Waals surface area contributed by atoms with Gasteiger partial charge in [-0.25, -0.2) is 0 Å². The number of aryl methyl sites for hydroxylation is 1. The molecule has 0 fully saturated rings. The summed E-state index contributed by atoms with van der Waals surface area (Å²) >= 11 is 0. The summed E-state index contributed by atoms with van der Waals surface area (Å²) in [4.78, 5) is 0. The van der Waals surface area contributed by atoms with E-state index in [1.54, 1.807) is 13.3 Å². The van der Waals surface area contributed by atoms with E-state index in [9.17, 15) is 5.11 Å². The van der Waals surface area contributed by atoms with Gasteiger partial charge in [-0.1, -0.05) is 20.8 Å². The number of aliphatic hydroxyl groups is 1. The molecule has 4 heteroatoms. The maximum atomic E-state index is 10.4. The number of rotatable bonds is 7. The Kier molecular flexibility index (Phi) is 5.15. The monoisotopic (exact) mass is 240 g/mol. The highest BCUT2D eigenvalue weighted by Gasteiger charge is 2.36. The number of ether oxygens (including phenoxy) is 1. The molecule has 1 rings (SSSR count). The van der Waals surface area contributed by atoms with Gasteiger partial charge in [-0.05, 0) is 19.3 Å². The largest absolute Gasteiger partial charge is 0.385 e. The minimum Gasteiger partial charge on any atom is -0.385 e. The minimum atomic E-state index is -0.617. The fourth-order valence-corrected chi connectivity index (χ4v) is 2.21. The average Bonchev–Trinajstić information content (AvgIpc) is 2.81. The summed E-state index contributed by atoms with van der Waals surface area (Å²) in [6.45, 7) is 7.06. The van der Waals surface area contributed by atoms with Crippen LogP contribution in [-0.2, 0) is 11.3 Å². The fraction of sp³-hybridized carbons (Fsp3) is 0.769. The van der Waals surface area contributed by atoms with Gasteiger partial charge in [-0.15, -0.1) is 0 Å². The number of nitrogens with zero attached hydrogens (tertiary/aromatic N) is 2. The van der Waals surface area contributed by atoms with Crippen LogP contribution in [0.4, 0.5) is 0 Å². The molecule has 0 spiro atoms. The summed E-state index contributed by atoms with van der Waals surface area (Å²) in [5, 5.41) is 14.7. The predicted octanol–water partition coefficient (Wildman–Crippen LogP) is 2.53. The number of aromatic nitrogens is 2. The van der Waals surface area contributed by atoms with Gasteiger partial charge < -0.3 is 9.84 Å². The summed E-state index contributed by atoms with van der Waals surface area (Å²) in [5.74, 6) is 0. The van der Waals surface area contributed by atoms with Crippen molar-refractivity contribution in [1.82, 2.24) is 9.78 Å². The molecule has 17 heavy (non-hydrogen) atoms. The zero-order valence-electron chi connectivity index (χ0n) is 11.3. The molecule has 1 N–H and O–H groups in total. The van der Waals surface area contributed by atoms with E-state index in [0.29, 0.717) is 0 Å². The lowest BCUT2D eigenvalue weighted by Gasteiger charge is -2.34. The smallest absolute Gasteiger partial charge is 0.111 e. The summed E-state index contributed by atoms with van der Waals surface area (Å²) in [7, 11) is 1.66. The Bertz CT molecular complexity index is 324. The van der Waals surface area contributed by atoms with Crippen LogP contribution in [0, 0.1) is 0 Å². The SMILES string of the molecule is CCCn1cc(C(O)C(CC)(CC)OC)cn1. The van der Waals surface area contributed by atoms with Crippen LogP contribution in [0.15, 0.2) is 12.4 Å². The molecule has 1 aromatic rings. The van der Waals surface area contributed by atoms with Gasteiger partial charge in [0.25, 0.3) is 0 Å². The van der Waals surface area contributed by atoms with Crippen molar-refractivity contribution >= 4 is 0 Å². The molecule has 0 aliphatic carbocycles. The fourth-order valence-electron chi connectivity index (χ4n) is 2.21. The Morgan fingerprint density at radius 1 is 1.41 bits per heavy atom. The molecular weight excluding hydrogens is 216 g/mol. The third-order valence-electron chi connectivity index (χ3n) is 3.52. The Morgan fingerprint density at radius 2 is 2.06 bits per heavy atom. The van der Waals surface area contributed by atoms with E-state index in [1.165, 1.54) is 0 Å². The molecule has 1 atom stereocenters. The van der Waals surface area contributed by atoms with E-state index < -0.39 is 11.7 Å². The van der Waals surface area contributed by atoms with Crippen LogP contribution in [0.5, 0.6) is 0 Å². The summed E-state index contributed by atoms with van der Waals surface area (Å²) in [5.41, 5.74) is 0.337. The Morgan fingerprint density at radius 3 is 2.53 bits per heavy atom.